The molecule has 3 aromatic rings. The van der Waals surface area contributed by atoms with Crippen LogP contribution in [-0.4, -0.2) is 42.9 Å². The number of imidazole rings is 1. The van der Waals surface area contributed by atoms with Gasteiger partial charge in [-0.1, -0.05) is 12.1 Å². The second kappa shape index (κ2) is 8.94. The van der Waals surface area contributed by atoms with E-state index in [9.17, 15) is 9.90 Å². The summed E-state index contributed by atoms with van der Waals surface area (Å²) >= 11 is 0. The number of rotatable bonds is 8. The number of aryl methyl sites for hydroxylation is 1. The molecule has 0 saturated heterocycles. The number of fused-ring (bicyclic) bond motifs is 3. The summed E-state index contributed by atoms with van der Waals surface area (Å²) in [5.41, 5.74) is 8.15. The summed E-state index contributed by atoms with van der Waals surface area (Å²) in [6.07, 6.45) is 0.474. The molecule has 0 radical (unpaired) electrons. The van der Waals surface area contributed by atoms with Crippen LogP contribution in [0.15, 0.2) is 18.2 Å². The highest BCUT2D eigenvalue weighted by molar-refractivity contribution is 6.06. The zero-order valence-corrected chi connectivity index (χ0v) is 17.6. The lowest BCUT2D eigenvalue weighted by Crippen LogP contribution is -2.27. The highest BCUT2D eigenvalue weighted by Gasteiger charge is 2.22. The average Bonchev–Trinajstić information content (AvgIpc) is 2.95. The number of nitrogens with zero attached hydrogens (tertiary/aromatic N) is 3. The van der Waals surface area contributed by atoms with Crippen LogP contribution in [0.1, 0.15) is 38.6 Å². The van der Waals surface area contributed by atoms with Crippen LogP contribution in [0.4, 0.5) is 5.82 Å². The van der Waals surface area contributed by atoms with Crippen LogP contribution >= 0.6 is 12.4 Å². The monoisotopic (exact) mass is 422 g/mol. The average molecular weight is 423 g/mol. The van der Waals surface area contributed by atoms with E-state index in [0.29, 0.717) is 48.9 Å². The topological polar surface area (TPSA) is 123 Å². The van der Waals surface area contributed by atoms with E-state index in [1.54, 1.807) is 13.8 Å². The van der Waals surface area contributed by atoms with Gasteiger partial charge < -0.3 is 25.3 Å². The van der Waals surface area contributed by atoms with Crippen LogP contribution in [0.25, 0.3) is 21.9 Å². The third-order valence-electron chi connectivity index (χ3n) is 4.46. The van der Waals surface area contributed by atoms with E-state index in [1.165, 1.54) is 0 Å². The van der Waals surface area contributed by atoms with Gasteiger partial charge in [-0.3, -0.25) is 4.79 Å². The van der Waals surface area contributed by atoms with Crippen molar-refractivity contribution in [2.24, 2.45) is 0 Å². The molecule has 0 fully saturated rings. The second-order valence-electron chi connectivity index (χ2n) is 7.50. The summed E-state index contributed by atoms with van der Waals surface area (Å²) in [6.45, 7) is 6.56. The fourth-order valence-corrected chi connectivity index (χ4v) is 3.27. The van der Waals surface area contributed by atoms with Gasteiger partial charge in [-0.15, -0.1) is 12.4 Å². The number of pyridine rings is 1. The molecule has 0 saturated carbocycles. The van der Waals surface area contributed by atoms with Crippen molar-refractivity contribution in [2.45, 2.75) is 52.4 Å². The Bertz CT molecular complexity index is 1030. The van der Waals surface area contributed by atoms with Crippen molar-refractivity contribution in [3.63, 3.8) is 0 Å². The van der Waals surface area contributed by atoms with E-state index in [2.05, 4.69) is 9.97 Å². The lowest BCUT2D eigenvalue weighted by atomic mass is 10.1. The molecule has 0 aliphatic heterocycles. The summed E-state index contributed by atoms with van der Waals surface area (Å²) in [5, 5.41) is 20.2. The van der Waals surface area contributed by atoms with E-state index in [4.69, 9.17) is 15.6 Å². The normalized spacial score (nSPS) is 11.7. The Morgan fingerprint density at radius 2 is 2.03 bits per heavy atom. The molecule has 2 heterocycles. The molecule has 4 N–H and O–H groups in total. The third-order valence-corrected chi connectivity index (χ3v) is 4.46. The number of aromatic nitrogens is 3. The van der Waals surface area contributed by atoms with Gasteiger partial charge in [-0.2, -0.15) is 0 Å². The maximum Gasteiger partial charge on any atom is 0.303 e. The van der Waals surface area contributed by atoms with E-state index < -0.39 is 11.6 Å². The number of halogens is 1. The minimum atomic E-state index is -0.958. The van der Waals surface area contributed by atoms with Crippen molar-refractivity contribution in [1.82, 2.24) is 14.5 Å². The molecule has 29 heavy (non-hydrogen) atoms. The van der Waals surface area contributed by atoms with Crippen molar-refractivity contribution < 1.29 is 19.7 Å². The Labute approximate surface area is 175 Å². The maximum absolute atomic E-state index is 10.8. The van der Waals surface area contributed by atoms with Crippen molar-refractivity contribution in [3.8, 4) is 0 Å². The molecular weight excluding hydrogens is 396 g/mol. The van der Waals surface area contributed by atoms with Gasteiger partial charge in [0, 0.05) is 18.4 Å². The van der Waals surface area contributed by atoms with Crippen molar-refractivity contribution in [1.29, 1.82) is 0 Å². The molecule has 0 spiro atoms. The van der Waals surface area contributed by atoms with Crippen LogP contribution in [0.3, 0.4) is 0 Å². The maximum atomic E-state index is 10.8. The Kier molecular flexibility index (Phi) is 7.05. The van der Waals surface area contributed by atoms with Crippen molar-refractivity contribution in [3.05, 3.63) is 29.6 Å². The largest absolute Gasteiger partial charge is 0.481 e. The molecule has 2 aromatic heterocycles. The number of carboxylic acids is 1. The summed E-state index contributed by atoms with van der Waals surface area (Å²) < 4.78 is 7.48. The fraction of sp³-hybridized carbons (Fsp3) is 0.450. The number of carbonyl (C=O) groups is 1. The van der Waals surface area contributed by atoms with Crippen molar-refractivity contribution in [2.75, 3.05) is 12.3 Å². The van der Waals surface area contributed by atoms with Gasteiger partial charge in [0.05, 0.1) is 23.2 Å². The van der Waals surface area contributed by atoms with Gasteiger partial charge in [0.2, 0.25) is 0 Å². The number of hydrogen-bond donors (Lipinski definition) is 3. The number of nitrogens with two attached hydrogens (primary N) is 1. The minimum Gasteiger partial charge on any atom is -0.481 e. The number of benzene rings is 1. The molecule has 9 heteroatoms. The summed E-state index contributed by atoms with van der Waals surface area (Å²) in [5.74, 6) is 0.131. The fourth-order valence-electron chi connectivity index (χ4n) is 3.27. The number of anilines is 1. The van der Waals surface area contributed by atoms with Gasteiger partial charge >= 0.3 is 5.97 Å². The second-order valence-corrected chi connectivity index (χ2v) is 7.50. The molecule has 0 unspecified atom stereocenters. The lowest BCUT2D eigenvalue weighted by molar-refractivity contribution is -0.136. The Morgan fingerprint density at radius 1 is 1.31 bits per heavy atom. The number of aliphatic hydroxyl groups is 1. The van der Waals surface area contributed by atoms with Crippen LogP contribution in [-0.2, 0) is 29.1 Å². The van der Waals surface area contributed by atoms with E-state index in [-0.39, 0.29) is 18.8 Å². The Morgan fingerprint density at radius 3 is 2.66 bits per heavy atom. The van der Waals surface area contributed by atoms with Crippen LogP contribution < -0.4 is 5.73 Å². The summed E-state index contributed by atoms with van der Waals surface area (Å²) in [6, 6.07) is 5.66. The van der Waals surface area contributed by atoms with Gasteiger partial charge in [-0.05, 0) is 38.8 Å². The smallest absolute Gasteiger partial charge is 0.303 e. The standard InChI is InChI=1S/C20H26N4O4.ClH/c1-4-28-10-15-23-17-18(24(15)11-20(2,3)27)13-7-5-12(6-8-16(25)26)9-14(13)22-19(17)21;/h5,7,9,27H,4,6,8,10-11H2,1-3H3,(H2,21,22)(H,25,26);1H. The molecule has 0 amide bonds. The van der Waals surface area contributed by atoms with Crippen LogP contribution in [0.2, 0.25) is 0 Å². The third kappa shape index (κ3) is 5.14. The number of ether oxygens (including phenoxy) is 1. The van der Waals surface area contributed by atoms with Gasteiger partial charge in [0.15, 0.2) is 5.82 Å². The van der Waals surface area contributed by atoms with Crippen LogP contribution in [0, 0.1) is 0 Å². The molecular formula is C20H27ClN4O4. The molecule has 0 atom stereocenters. The molecule has 1 aromatic carbocycles. The predicted octanol–water partition coefficient (Wildman–Crippen LogP) is 2.91. The number of aliphatic carboxylic acids is 1. The van der Waals surface area contributed by atoms with E-state index in [1.807, 2.05) is 29.7 Å². The minimum absolute atomic E-state index is 0. The van der Waals surface area contributed by atoms with Gasteiger partial charge in [-0.25, -0.2) is 9.97 Å². The SMILES string of the molecule is CCOCc1nc2c(N)nc3cc(CCC(=O)O)ccc3c2n1CC(C)(C)O.Cl. The van der Waals surface area contributed by atoms with Crippen molar-refractivity contribution >= 4 is 46.1 Å². The Balaban J connectivity index is 0.00000300. The molecule has 0 bridgehead atoms. The summed E-state index contributed by atoms with van der Waals surface area (Å²) in [4.78, 5) is 20.0. The lowest BCUT2D eigenvalue weighted by Gasteiger charge is -2.20. The molecule has 0 aliphatic rings. The van der Waals surface area contributed by atoms with Gasteiger partial charge in [0.1, 0.15) is 17.9 Å². The number of hydrogen-bond acceptors (Lipinski definition) is 6. The predicted molar refractivity (Wildman–Crippen MR) is 114 cm³/mol. The molecule has 0 aliphatic carbocycles. The molecule has 3 rings (SSSR count). The van der Waals surface area contributed by atoms with Gasteiger partial charge in [0.25, 0.3) is 0 Å². The van der Waals surface area contributed by atoms with E-state index in [0.717, 1.165) is 16.5 Å². The first-order valence-electron chi connectivity index (χ1n) is 9.28. The first-order chi connectivity index (χ1) is 13.2. The first-order valence-corrected chi connectivity index (χ1v) is 9.28. The zero-order valence-electron chi connectivity index (χ0n) is 16.8. The quantitative estimate of drug-likeness (QED) is 0.509. The Hall–Kier alpha value is -2.42. The molecule has 8 nitrogen and oxygen atoms in total. The van der Waals surface area contributed by atoms with E-state index >= 15 is 0 Å². The first kappa shape index (κ1) is 22.9. The zero-order chi connectivity index (χ0) is 20.5. The highest BCUT2D eigenvalue weighted by atomic mass is 35.5. The number of carboxylic acid groups (broad SMARTS) is 1. The summed E-state index contributed by atoms with van der Waals surface area (Å²) in [7, 11) is 0. The molecule has 158 valence electrons. The highest BCUT2D eigenvalue weighted by Crippen LogP contribution is 2.31. The number of nitrogen functional groups attached to an aromatic ring is 1. The van der Waals surface area contributed by atoms with Crippen LogP contribution in [0.5, 0.6) is 0 Å².